The van der Waals surface area contributed by atoms with Crippen molar-refractivity contribution in [2.45, 2.75) is 6.61 Å². The minimum atomic E-state index is -0.493. The summed E-state index contributed by atoms with van der Waals surface area (Å²) in [5.74, 6) is 0.238. The van der Waals surface area contributed by atoms with Crippen molar-refractivity contribution in [3.8, 4) is 11.5 Å². The van der Waals surface area contributed by atoms with Crippen LogP contribution in [0.25, 0.3) is 6.08 Å². The number of nitrogens with zero attached hydrogens (tertiary/aromatic N) is 2. The second kappa shape index (κ2) is 11.6. The zero-order chi connectivity index (χ0) is 24.9. The number of morpholine rings is 1. The van der Waals surface area contributed by atoms with Crippen LogP contribution in [0.2, 0.25) is 0 Å². The molecule has 2 aromatic rings. The van der Waals surface area contributed by atoms with E-state index in [1.807, 2.05) is 24.3 Å². The second-order valence-corrected chi connectivity index (χ2v) is 10.5. The number of methoxy groups -OCH3 is 1. The van der Waals surface area contributed by atoms with Gasteiger partial charge in [-0.05, 0) is 69.2 Å². The van der Waals surface area contributed by atoms with E-state index < -0.39 is 11.1 Å². The van der Waals surface area contributed by atoms with Crippen LogP contribution < -0.4 is 9.47 Å². The molecule has 2 fully saturated rings. The molecule has 8 nitrogen and oxygen atoms in total. The summed E-state index contributed by atoms with van der Waals surface area (Å²) in [5.41, 5.74) is 1.64. The summed E-state index contributed by atoms with van der Waals surface area (Å²) in [6.45, 7) is 1.87. The lowest BCUT2D eigenvalue weighted by Gasteiger charge is -2.28. The van der Waals surface area contributed by atoms with Gasteiger partial charge in [0.05, 0.1) is 29.7 Å². The van der Waals surface area contributed by atoms with Crippen LogP contribution in [0, 0.1) is 0 Å². The van der Waals surface area contributed by atoms with Crippen molar-refractivity contribution in [3.05, 3.63) is 61.4 Å². The molecule has 0 saturated carbocycles. The Bertz CT molecular complexity index is 1170. The first-order valence-electron chi connectivity index (χ1n) is 10.7. The molecule has 2 aliphatic heterocycles. The molecule has 0 spiro atoms. The molecule has 0 aliphatic carbocycles. The van der Waals surface area contributed by atoms with E-state index in [-0.39, 0.29) is 17.4 Å². The van der Waals surface area contributed by atoms with Gasteiger partial charge in [-0.15, -0.1) is 0 Å². The highest BCUT2D eigenvalue weighted by Crippen LogP contribution is 2.39. The normalized spacial score (nSPS) is 17.3. The molecule has 3 amide bonds. The van der Waals surface area contributed by atoms with Gasteiger partial charge in [-0.3, -0.25) is 19.3 Å². The Kier molecular flexibility index (Phi) is 8.53. The van der Waals surface area contributed by atoms with Gasteiger partial charge < -0.3 is 19.1 Å². The van der Waals surface area contributed by atoms with Crippen molar-refractivity contribution in [1.82, 2.24) is 9.80 Å². The molecular weight excluding hydrogens is 604 g/mol. The molecule has 2 aliphatic rings. The van der Waals surface area contributed by atoms with Gasteiger partial charge in [-0.25, -0.2) is 0 Å². The minimum absolute atomic E-state index is 0.238. The van der Waals surface area contributed by atoms with Gasteiger partial charge >= 0.3 is 0 Å². The van der Waals surface area contributed by atoms with Crippen LogP contribution in [0.5, 0.6) is 11.5 Å². The third-order valence-electron chi connectivity index (χ3n) is 5.38. The van der Waals surface area contributed by atoms with Crippen molar-refractivity contribution in [2.75, 3.05) is 40.0 Å². The maximum absolute atomic E-state index is 12.9. The standard InChI is InChI=1S/C24H22Br2N2O6S/c1-32-19-11-16(10-18(26)22(19)34-14-15-2-4-17(25)5-3-15)12-20-23(30)28(24(31)35-20)13-21(29)27-6-8-33-9-7-27/h2-5,10-12H,6-9,13-14H2,1H3/b20-12-. The first-order chi connectivity index (χ1) is 16.9. The van der Waals surface area contributed by atoms with Crippen molar-refractivity contribution in [1.29, 1.82) is 0 Å². The Balaban J connectivity index is 1.47. The third kappa shape index (κ3) is 6.27. The Morgan fingerprint density at radius 2 is 1.86 bits per heavy atom. The molecule has 2 saturated heterocycles. The summed E-state index contributed by atoms with van der Waals surface area (Å²) in [6, 6.07) is 11.3. The quantitative estimate of drug-likeness (QED) is 0.413. The molecule has 2 aromatic carbocycles. The highest BCUT2D eigenvalue weighted by Gasteiger charge is 2.37. The fourth-order valence-electron chi connectivity index (χ4n) is 3.54. The Morgan fingerprint density at radius 3 is 2.54 bits per heavy atom. The van der Waals surface area contributed by atoms with Crippen LogP contribution in [0.3, 0.4) is 0 Å². The highest BCUT2D eigenvalue weighted by molar-refractivity contribution is 9.10. The Labute approximate surface area is 223 Å². The predicted molar refractivity (Wildman–Crippen MR) is 139 cm³/mol. The molecule has 4 rings (SSSR count). The SMILES string of the molecule is COc1cc(/C=C2\SC(=O)N(CC(=O)N3CCOCC3)C2=O)cc(Br)c1OCc1ccc(Br)cc1. The van der Waals surface area contributed by atoms with E-state index in [2.05, 4.69) is 31.9 Å². The summed E-state index contributed by atoms with van der Waals surface area (Å²) in [5, 5.41) is -0.469. The van der Waals surface area contributed by atoms with Crippen molar-refractivity contribution in [2.24, 2.45) is 0 Å². The van der Waals surface area contributed by atoms with E-state index in [9.17, 15) is 14.4 Å². The number of halogens is 2. The fraction of sp³-hybridized carbons (Fsp3) is 0.292. The largest absolute Gasteiger partial charge is 0.493 e. The number of carbonyl (C=O) groups is 3. The number of hydrogen-bond donors (Lipinski definition) is 0. The number of thioether (sulfide) groups is 1. The number of hydrogen-bond acceptors (Lipinski definition) is 7. The number of ether oxygens (including phenoxy) is 3. The van der Waals surface area contributed by atoms with Gasteiger partial charge in [-0.1, -0.05) is 28.1 Å². The monoisotopic (exact) mass is 624 g/mol. The number of benzene rings is 2. The Morgan fingerprint density at radius 1 is 1.14 bits per heavy atom. The van der Waals surface area contributed by atoms with Crippen LogP contribution in [0.1, 0.15) is 11.1 Å². The van der Waals surface area contributed by atoms with Gasteiger partial charge in [0, 0.05) is 17.6 Å². The van der Waals surface area contributed by atoms with Gasteiger partial charge in [0.25, 0.3) is 11.1 Å². The molecule has 184 valence electrons. The lowest BCUT2D eigenvalue weighted by atomic mass is 10.1. The number of rotatable bonds is 7. The lowest BCUT2D eigenvalue weighted by Crippen LogP contribution is -2.46. The van der Waals surface area contributed by atoms with Gasteiger partial charge in [-0.2, -0.15) is 0 Å². The van der Waals surface area contributed by atoms with Crippen LogP contribution in [-0.2, 0) is 20.9 Å². The lowest BCUT2D eigenvalue weighted by molar-refractivity contribution is -0.139. The van der Waals surface area contributed by atoms with E-state index in [1.165, 1.54) is 7.11 Å². The van der Waals surface area contributed by atoms with E-state index in [1.54, 1.807) is 23.1 Å². The van der Waals surface area contributed by atoms with Crippen molar-refractivity contribution in [3.63, 3.8) is 0 Å². The molecule has 35 heavy (non-hydrogen) atoms. The Hall–Kier alpha value is -2.34. The molecule has 0 aromatic heterocycles. The van der Waals surface area contributed by atoms with Crippen molar-refractivity contribution >= 4 is 66.8 Å². The van der Waals surface area contributed by atoms with E-state index in [0.717, 1.165) is 26.7 Å². The second-order valence-electron chi connectivity index (χ2n) is 7.71. The number of carbonyl (C=O) groups excluding carboxylic acids is 3. The van der Waals surface area contributed by atoms with Gasteiger partial charge in [0.1, 0.15) is 13.2 Å². The molecular formula is C24H22Br2N2O6S. The smallest absolute Gasteiger partial charge is 0.294 e. The van der Waals surface area contributed by atoms with Crippen LogP contribution in [0.4, 0.5) is 4.79 Å². The molecule has 0 N–H and O–H groups in total. The summed E-state index contributed by atoms with van der Waals surface area (Å²) >= 11 is 7.74. The summed E-state index contributed by atoms with van der Waals surface area (Å²) in [7, 11) is 1.53. The van der Waals surface area contributed by atoms with E-state index in [0.29, 0.717) is 54.4 Å². The van der Waals surface area contributed by atoms with E-state index >= 15 is 0 Å². The van der Waals surface area contributed by atoms with Gasteiger partial charge in [0.15, 0.2) is 11.5 Å². The number of imide groups is 1. The summed E-state index contributed by atoms with van der Waals surface area (Å²) in [4.78, 5) is 40.7. The minimum Gasteiger partial charge on any atom is -0.493 e. The molecule has 11 heteroatoms. The van der Waals surface area contributed by atoms with Crippen molar-refractivity contribution < 1.29 is 28.6 Å². The summed E-state index contributed by atoms with van der Waals surface area (Å²) in [6.07, 6.45) is 1.61. The van der Waals surface area contributed by atoms with Crippen LogP contribution >= 0.6 is 43.6 Å². The molecule has 0 atom stereocenters. The average Bonchev–Trinajstić information content (AvgIpc) is 3.11. The molecule has 0 unspecified atom stereocenters. The number of amides is 3. The van der Waals surface area contributed by atoms with Gasteiger partial charge in [0.2, 0.25) is 5.91 Å². The molecule has 2 heterocycles. The maximum atomic E-state index is 12.9. The fourth-order valence-corrected chi connectivity index (χ4v) is 5.21. The topological polar surface area (TPSA) is 85.4 Å². The molecule has 0 bridgehead atoms. The van der Waals surface area contributed by atoms with Crippen LogP contribution in [0.15, 0.2) is 50.2 Å². The van der Waals surface area contributed by atoms with Crippen LogP contribution in [-0.4, -0.2) is 66.8 Å². The summed E-state index contributed by atoms with van der Waals surface area (Å²) < 4.78 is 18.4. The molecule has 0 radical (unpaired) electrons. The average molecular weight is 626 g/mol. The predicted octanol–water partition coefficient (Wildman–Crippen LogP) is 4.69. The van der Waals surface area contributed by atoms with E-state index in [4.69, 9.17) is 14.2 Å². The first kappa shape index (κ1) is 25.7. The third-order valence-corrected chi connectivity index (χ3v) is 7.40. The first-order valence-corrected chi connectivity index (χ1v) is 13.1. The zero-order valence-corrected chi connectivity index (χ0v) is 22.8. The highest BCUT2D eigenvalue weighted by atomic mass is 79.9. The zero-order valence-electron chi connectivity index (χ0n) is 18.8. The maximum Gasteiger partial charge on any atom is 0.294 e.